The van der Waals surface area contributed by atoms with E-state index in [1.807, 2.05) is 6.92 Å². The van der Waals surface area contributed by atoms with E-state index >= 15 is 0 Å². The van der Waals surface area contributed by atoms with Gasteiger partial charge in [0, 0.05) is 19.7 Å². The number of hydrogen-bond acceptors (Lipinski definition) is 7. The van der Waals surface area contributed by atoms with Crippen molar-refractivity contribution in [2.24, 2.45) is 0 Å². The quantitative estimate of drug-likeness (QED) is 0.778. The molecule has 3 rings (SSSR count). The molecule has 25 heavy (non-hydrogen) atoms. The minimum atomic E-state index is -3.72. The molecule has 0 bridgehead atoms. The van der Waals surface area contributed by atoms with E-state index in [2.05, 4.69) is 19.8 Å². The van der Waals surface area contributed by atoms with Crippen molar-refractivity contribution in [2.45, 2.75) is 43.9 Å². The number of ether oxygens (including phenoxy) is 2. The first-order valence-corrected chi connectivity index (χ1v) is 9.55. The number of rotatable bonds is 7. The monoisotopic (exact) mass is 367 g/mol. The Balaban J connectivity index is 1.79. The van der Waals surface area contributed by atoms with Gasteiger partial charge in [0.25, 0.3) is 0 Å². The second-order valence-electron chi connectivity index (χ2n) is 5.62. The summed E-state index contributed by atoms with van der Waals surface area (Å²) in [5.41, 5.74) is 0. The average Bonchev–Trinajstić information content (AvgIpc) is 2.99. The molecule has 136 valence electrons. The van der Waals surface area contributed by atoms with E-state index in [1.165, 1.54) is 18.3 Å². The van der Waals surface area contributed by atoms with Gasteiger partial charge in [-0.2, -0.15) is 5.10 Å². The van der Waals surface area contributed by atoms with Crippen molar-refractivity contribution in [3.05, 3.63) is 30.0 Å². The Morgan fingerprint density at radius 1 is 1.40 bits per heavy atom. The lowest BCUT2D eigenvalue weighted by Gasteiger charge is -2.22. The van der Waals surface area contributed by atoms with Crippen molar-refractivity contribution in [3.63, 3.8) is 0 Å². The number of fused-ring (bicyclic) bond motifs is 1. The highest BCUT2D eigenvalue weighted by Crippen LogP contribution is 2.25. The number of aromatic nitrogens is 4. The molecule has 0 aliphatic carbocycles. The Morgan fingerprint density at radius 2 is 2.24 bits per heavy atom. The summed E-state index contributed by atoms with van der Waals surface area (Å²) in [6.07, 6.45) is 2.77. The molecule has 1 aliphatic rings. The largest absolute Gasteiger partial charge is 0.478 e. The zero-order chi connectivity index (χ0) is 17.9. The Kier molecular flexibility index (Phi) is 5.30. The fraction of sp³-hybridized carbons (Fsp3) is 0.533. The van der Waals surface area contributed by atoms with E-state index < -0.39 is 16.1 Å². The second kappa shape index (κ2) is 7.46. The van der Waals surface area contributed by atoms with Crippen molar-refractivity contribution in [3.8, 4) is 5.88 Å². The van der Waals surface area contributed by atoms with Crippen LogP contribution in [0, 0.1) is 0 Å². The molecule has 3 heterocycles. The van der Waals surface area contributed by atoms with Gasteiger partial charge in [-0.3, -0.25) is 0 Å². The summed E-state index contributed by atoms with van der Waals surface area (Å²) < 4.78 is 40.0. The highest BCUT2D eigenvalue weighted by atomic mass is 32.2. The Labute approximate surface area is 146 Å². The molecular weight excluding hydrogens is 346 g/mol. The molecule has 9 nitrogen and oxygen atoms in total. The molecule has 0 radical (unpaired) electrons. The number of aryl methyl sites for hydroxylation is 1. The van der Waals surface area contributed by atoms with Crippen LogP contribution in [0.2, 0.25) is 0 Å². The van der Waals surface area contributed by atoms with E-state index in [-0.39, 0.29) is 4.90 Å². The topological polar surface area (TPSA) is 108 Å². The first-order valence-electron chi connectivity index (χ1n) is 8.07. The van der Waals surface area contributed by atoms with Gasteiger partial charge in [0.2, 0.25) is 15.9 Å². The molecule has 0 aromatic carbocycles. The van der Waals surface area contributed by atoms with Gasteiger partial charge < -0.3 is 9.47 Å². The van der Waals surface area contributed by atoms with Crippen LogP contribution in [0.4, 0.5) is 0 Å². The van der Waals surface area contributed by atoms with Crippen molar-refractivity contribution in [1.82, 2.24) is 24.5 Å². The molecule has 1 aliphatic heterocycles. The van der Waals surface area contributed by atoms with Crippen LogP contribution in [0.5, 0.6) is 5.88 Å². The highest BCUT2D eigenvalue weighted by molar-refractivity contribution is 7.89. The summed E-state index contributed by atoms with van der Waals surface area (Å²) >= 11 is 0. The molecule has 0 unspecified atom stereocenters. The Bertz CT molecular complexity index is 819. The second-order valence-corrected chi connectivity index (χ2v) is 7.34. The number of pyridine rings is 1. The van der Waals surface area contributed by atoms with Crippen LogP contribution in [0.3, 0.4) is 0 Å². The molecule has 0 fully saturated rings. The summed E-state index contributed by atoms with van der Waals surface area (Å²) in [6, 6.07) is 2.59. The van der Waals surface area contributed by atoms with Crippen molar-refractivity contribution in [2.75, 3.05) is 13.7 Å². The van der Waals surface area contributed by atoms with Crippen LogP contribution >= 0.6 is 0 Å². The van der Waals surface area contributed by atoms with Crippen LogP contribution in [-0.2, 0) is 27.9 Å². The fourth-order valence-electron chi connectivity index (χ4n) is 2.72. The van der Waals surface area contributed by atoms with Crippen molar-refractivity contribution >= 4 is 10.0 Å². The standard InChI is InChI=1S/C15H21N5O4S/c1-3-24-14-7-6-11(9-16-14)25(21,22)19-12-5-4-8-20-15(12)17-13(18-20)10-23-2/h6-7,9,12,19H,3-5,8,10H2,1-2H3/t12-/m0/s1. The zero-order valence-corrected chi connectivity index (χ0v) is 15.0. The molecule has 0 saturated heterocycles. The van der Waals surface area contributed by atoms with Crippen LogP contribution in [-0.4, -0.2) is 41.9 Å². The molecule has 10 heteroatoms. The maximum Gasteiger partial charge on any atom is 0.242 e. The normalized spacial score (nSPS) is 17.3. The third kappa shape index (κ3) is 3.97. The summed E-state index contributed by atoms with van der Waals surface area (Å²) in [5.74, 6) is 1.55. The molecule has 2 aromatic rings. The van der Waals surface area contributed by atoms with Gasteiger partial charge in [-0.05, 0) is 25.8 Å². The lowest BCUT2D eigenvalue weighted by atomic mass is 10.1. The van der Waals surface area contributed by atoms with E-state index in [0.717, 1.165) is 13.0 Å². The molecule has 0 saturated carbocycles. The minimum absolute atomic E-state index is 0.0877. The summed E-state index contributed by atoms with van der Waals surface area (Å²) in [5, 5.41) is 4.34. The van der Waals surface area contributed by atoms with Gasteiger partial charge in [-0.1, -0.05) is 0 Å². The number of nitrogens with zero attached hydrogens (tertiary/aromatic N) is 4. The Hall–Kier alpha value is -2.04. The van der Waals surface area contributed by atoms with Crippen LogP contribution < -0.4 is 9.46 Å². The number of nitrogens with one attached hydrogen (secondary N) is 1. The lowest BCUT2D eigenvalue weighted by molar-refractivity contribution is 0.177. The zero-order valence-electron chi connectivity index (χ0n) is 14.2. The predicted molar refractivity (Wildman–Crippen MR) is 88.4 cm³/mol. The molecule has 1 atom stereocenters. The first-order chi connectivity index (χ1) is 12.0. The lowest BCUT2D eigenvalue weighted by Crippen LogP contribution is -2.33. The van der Waals surface area contributed by atoms with E-state index in [1.54, 1.807) is 11.8 Å². The molecule has 0 spiro atoms. The summed E-state index contributed by atoms with van der Waals surface area (Å²) in [6.45, 7) is 3.32. The highest BCUT2D eigenvalue weighted by Gasteiger charge is 2.29. The summed E-state index contributed by atoms with van der Waals surface area (Å²) in [4.78, 5) is 8.50. The van der Waals surface area contributed by atoms with Crippen LogP contribution in [0.15, 0.2) is 23.2 Å². The summed E-state index contributed by atoms with van der Waals surface area (Å²) in [7, 11) is -2.15. The number of hydrogen-bond donors (Lipinski definition) is 1. The van der Waals surface area contributed by atoms with Gasteiger partial charge in [-0.15, -0.1) is 0 Å². The SMILES string of the molecule is CCOc1ccc(S(=O)(=O)N[C@H]2CCCn3nc(COC)nc32)cn1. The molecular formula is C15H21N5O4S. The third-order valence-electron chi connectivity index (χ3n) is 3.80. The van der Waals surface area contributed by atoms with Gasteiger partial charge in [0.15, 0.2) is 5.82 Å². The molecule has 1 N–H and O–H groups in total. The van der Waals surface area contributed by atoms with Gasteiger partial charge in [0.05, 0.1) is 18.8 Å². The van der Waals surface area contributed by atoms with Gasteiger partial charge in [-0.25, -0.2) is 27.8 Å². The maximum atomic E-state index is 12.6. The third-order valence-corrected chi connectivity index (χ3v) is 5.26. The maximum absolute atomic E-state index is 12.6. The smallest absolute Gasteiger partial charge is 0.242 e. The van der Waals surface area contributed by atoms with E-state index in [9.17, 15) is 8.42 Å². The Morgan fingerprint density at radius 3 is 2.92 bits per heavy atom. The van der Waals surface area contributed by atoms with E-state index in [4.69, 9.17) is 9.47 Å². The fourth-order valence-corrected chi connectivity index (χ4v) is 3.89. The average molecular weight is 367 g/mol. The molecule has 0 amide bonds. The number of methoxy groups -OCH3 is 1. The van der Waals surface area contributed by atoms with Gasteiger partial charge in [0.1, 0.15) is 17.3 Å². The van der Waals surface area contributed by atoms with Crippen LogP contribution in [0.1, 0.15) is 37.5 Å². The van der Waals surface area contributed by atoms with Crippen LogP contribution in [0.25, 0.3) is 0 Å². The van der Waals surface area contributed by atoms with Crippen molar-refractivity contribution < 1.29 is 17.9 Å². The van der Waals surface area contributed by atoms with Gasteiger partial charge >= 0.3 is 0 Å². The molecule has 2 aromatic heterocycles. The first kappa shape index (κ1) is 17.8. The minimum Gasteiger partial charge on any atom is -0.478 e. The van der Waals surface area contributed by atoms with Crippen molar-refractivity contribution in [1.29, 1.82) is 0 Å². The van der Waals surface area contributed by atoms with E-state index in [0.29, 0.717) is 37.2 Å². The predicted octanol–water partition coefficient (Wildman–Crippen LogP) is 1.03. The number of sulfonamides is 1.